The monoisotopic (exact) mass is 528 g/mol. The summed E-state index contributed by atoms with van der Waals surface area (Å²) in [6.45, 7) is 0. The Bertz CT molecular complexity index is 1650. The van der Waals surface area contributed by atoms with Gasteiger partial charge in [-0.05, 0) is 60.7 Å². The predicted octanol–water partition coefficient (Wildman–Crippen LogP) is 7.26. The number of ether oxygens (including phenoxy) is 2. The normalized spacial score (nSPS) is 10.8. The number of hydrogen-bond donors (Lipinski definition) is 1. The second-order valence-electron chi connectivity index (χ2n) is 8.14. The van der Waals surface area contributed by atoms with Crippen LogP contribution in [0.2, 0.25) is 0 Å². The van der Waals surface area contributed by atoms with Gasteiger partial charge in [0.2, 0.25) is 0 Å². The topological polar surface area (TPSA) is 99.4 Å². The molecule has 0 spiro atoms. The zero-order valence-corrected chi connectivity index (χ0v) is 21.2. The van der Waals surface area contributed by atoms with Gasteiger partial charge in [0.05, 0.1) is 24.7 Å². The van der Waals surface area contributed by atoms with Crippen molar-refractivity contribution >= 4 is 39.9 Å². The Morgan fingerprint density at radius 2 is 1.63 bits per heavy atom. The van der Waals surface area contributed by atoms with Crippen LogP contribution >= 0.6 is 11.8 Å². The highest BCUT2D eigenvalue weighted by molar-refractivity contribution is 7.99. The standard InChI is InChI=1S/C28H21FN4O4S/c1-36-25-12-7-17(13-26(25)37-2)27-31-24-6-4-3-5-23(24)28(32-27)30-19-14-20(33(34)35)16-22(15-19)38-21-10-8-18(29)9-11-21/h3-16H,1-2H3,(H,30,31,32). The average molecular weight is 529 g/mol. The zero-order chi connectivity index (χ0) is 26.6. The van der Waals surface area contributed by atoms with Crippen molar-refractivity contribution in [3.05, 3.63) is 101 Å². The second-order valence-corrected chi connectivity index (χ2v) is 9.28. The predicted molar refractivity (Wildman–Crippen MR) is 145 cm³/mol. The van der Waals surface area contributed by atoms with Crippen LogP contribution in [0.25, 0.3) is 22.3 Å². The average Bonchev–Trinajstić information content (AvgIpc) is 2.93. The van der Waals surface area contributed by atoms with E-state index in [1.807, 2.05) is 30.3 Å². The van der Waals surface area contributed by atoms with E-state index in [0.717, 1.165) is 10.3 Å². The summed E-state index contributed by atoms with van der Waals surface area (Å²) in [4.78, 5) is 22.1. The molecule has 10 heteroatoms. The fraction of sp³-hybridized carbons (Fsp3) is 0.0714. The highest BCUT2D eigenvalue weighted by Crippen LogP contribution is 2.36. The maximum atomic E-state index is 13.3. The van der Waals surface area contributed by atoms with E-state index >= 15 is 0 Å². The van der Waals surface area contributed by atoms with Crippen LogP contribution in [0.5, 0.6) is 11.5 Å². The maximum absolute atomic E-state index is 13.3. The quantitative estimate of drug-likeness (QED) is 0.166. The third-order valence-corrected chi connectivity index (χ3v) is 6.64. The Kier molecular flexibility index (Phi) is 7.05. The molecule has 0 aliphatic rings. The minimum atomic E-state index is -0.451. The van der Waals surface area contributed by atoms with Crippen LogP contribution in [0.15, 0.2) is 94.7 Å². The van der Waals surface area contributed by atoms with Crippen molar-refractivity contribution < 1.29 is 18.8 Å². The summed E-state index contributed by atoms with van der Waals surface area (Å²) >= 11 is 1.29. The molecule has 0 saturated carbocycles. The van der Waals surface area contributed by atoms with E-state index in [2.05, 4.69) is 5.32 Å². The molecule has 0 radical (unpaired) electrons. The van der Waals surface area contributed by atoms with Crippen LogP contribution in [0, 0.1) is 15.9 Å². The molecule has 0 bridgehead atoms. The molecule has 190 valence electrons. The largest absolute Gasteiger partial charge is 0.493 e. The number of non-ortho nitro benzene ring substituents is 1. The van der Waals surface area contributed by atoms with E-state index in [1.165, 1.54) is 36.0 Å². The molecule has 0 saturated heterocycles. The summed E-state index contributed by atoms with van der Waals surface area (Å²) in [5.41, 5.74) is 1.80. The lowest BCUT2D eigenvalue weighted by molar-refractivity contribution is -0.385. The van der Waals surface area contributed by atoms with E-state index in [1.54, 1.807) is 44.6 Å². The lowest BCUT2D eigenvalue weighted by Crippen LogP contribution is -2.01. The number of hydrogen-bond acceptors (Lipinski definition) is 8. The Balaban J connectivity index is 1.57. The van der Waals surface area contributed by atoms with Gasteiger partial charge in [0.1, 0.15) is 11.6 Å². The van der Waals surface area contributed by atoms with Gasteiger partial charge in [-0.3, -0.25) is 10.1 Å². The molecular weight excluding hydrogens is 507 g/mol. The first-order valence-electron chi connectivity index (χ1n) is 11.4. The second kappa shape index (κ2) is 10.7. The minimum absolute atomic E-state index is 0.0851. The number of nitrogens with zero attached hydrogens (tertiary/aromatic N) is 3. The van der Waals surface area contributed by atoms with E-state index in [9.17, 15) is 14.5 Å². The van der Waals surface area contributed by atoms with Gasteiger partial charge in [-0.15, -0.1) is 0 Å². The molecule has 1 aromatic heterocycles. The number of para-hydroxylation sites is 1. The number of halogens is 1. The van der Waals surface area contributed by atoms with Crippen molar-refractivity contribution in [2.75, 3.05) is 19.5 Å². The Labute approximate surface area is 221 Å². The molecule has 4 aromatic carbocycles. The van der Waals surface area contributed by atoms with Crippen molar-refractivity contribution in [2.24, 2.45) is 0 Å². The molecule has 0 aliphatic heterocycles. The molecule has 38 heavy (non-hydrogen) atoms. The van der Waals surface area contributed by atoms with Crippen molar-refractivity contribution in [3.63, 3.8) is 0 Å². The summed E-state index contributed by atoms with van der Waals surface area (Å²) in [6, 6.07) is 23.6. The first kappa shape index (κ1) is 25.0. The van der Waals surface area contributed by atoms with Crippen molar-refractivity contribution in [2.45, 2.75) is 9.79 Å². The maximum Gasteiger partial charge on any atom is 0.272 e. The molecule has 0 aliphatic carbocycles. The number of rotatable bonds is 8. The number of anilines is 2. The van der Waals surface area contributed by atoms with E-state index in [-0.39, 0.29) is 11.5 Å². The number of nitro benzene ring substituents is 1. The van der Waals surface area contributed by atoms with Crippen LogP contribution in [0.4, 0.5) is 21.6 Å². The van der Waals surface area contributed by atoms with E-state index < -0.39 is 4.92 Å². The van der Waals surface area contributed by atoms with Gasteiger partial charge in [-0.1, -0.05) is 23.9 Å². The molecule has 5 aromatic rings. The summed E-state index contributed by atoms with van der Waals surface area (Å²) < 4.78 is 24.1. The summed E-state index contributed by atoms with van der Waals surface area (Å²) in [6.07, 6.45) is 0. The fourth-order valence-corrected chi connectivity index (χ4v) is 4.78. The smallest absolute Gasteiger partial charge is 0.272 e. The van der Waals surface area contributed by atoms with Crippen LogP contribution < -0.4 is 14.8 Å². The summed E-state index contributed by atoms with van der Waals surface area (Å²) in [7, 11) is 3.12. The van der Waals surface area contributed by atoms with Crippen molar-refractivity contribution in [3.8, 4) is 22.9 Å². The molecule has 0 atom stereocenters. The van der Waals surface area contributed by atoms with Gasteiger partial charge in [-0.25, -0.2) is 14.4 Å². The Morgan fingerprint density at radius 1 is 0.868 bits per heavy atom. The molecular formula is C28H21FN4O4S. The zero-order valence-electron chi connectivity index (χ0n) is 20.3. The summed E-state index contributed by atoms with van der Waals surface area (Å²) in [5.74, 6) is 1.70. The number of benzene rings is 4. The highest BCUT2D eigenvalue weighted by atomic mass is 32.2. The molecule has 1 N–H and O–H groups in total. The number of nitrogens with one attached hydrogen (secondary N) is 1. The summed E-state index contributed by atoms with van der Waals surface area (Å²) in [5, 5.41) is 15.7. The number of nitro groups is 1. The SMILES string of the molecule is COc1ccc(-c2nc(Nc3cc(Sc4ccc(F)cc4)cc([N+](=O)[O-])c3)c3ccccc3n2)cc1OC. The third kappa shape index (κ3) is 5.35. The first-order valence-corrected chi connectivity index (χ1v) is 12.2. The highest BCUT2D eigenvalue weighted by Gasteiger charge is 2.15. The van der Waals surface area contributed by atoms with Crippen LogP contribution in [0.3, 0.4) is 0 Å². The fourth-order valence-electron chi connectivity index (χ4n) is 3.87. The Hall–Kier alpha value is -4.70. The number of methoxy groups -OCH3 is 2. The first-order chi connectivity index (χ1) is 18.4. The molecule has 1 heterocycles. The van der Waals surface area contributed by atoms with Gasteiger partial charge >= 0.3 is 0 Å². The Morgan fingerprint density at radius 3 is 2.37 bits per heavy atom. The van der Waals surface area contributed by atoms with Gasteiger partial charge in [0.15, 0.2) is 17.3 Å². The van der Waals surface area contributed by atoms with Crippen molar-refractivity contribution in [1.29, 1.82) is 0 Å². The van der Waals surface area contributed by atoms with Gasteiger partial charge in [0, 0.05) is 38.6 Å². The lowest BCUT2D eigenvalue weighted by atomic mass is 10.1. The minimum Gasteiger partial charge on any atom is -0.493 e. The van der Waals surface area contributed by atoms with Crippen LogP contribution in [-0.4, -0.2) is 29.1 Å². The van der Waals surface area contributed by atoms with Crippen LogP contribution in [-0.2, 0) is 0 Å². The molecule has 0 unspecified atom stereocenters. The molecule has 5 rings (SSSR count). The van der Waals surface area contributed by atoms with Gasteiger partial charge in [0.25, 0.3) is 5.69 Å². The van der Waals surface area contributed by atoms with E-state index in [4.69, 9.17) is 19.4 Å². The van der Waals surface area contributed by atoms with E-state index in [0.29, 0.717) is 44.8 Å². The molecule has 0 fully saturated rings. The molecule has 0 amide bonds. The van der Waals surface area contributed by atoms with Gasteiger partial charge in [-0.2, -0.15) is 0 Å². The van der Waals surface area contributed by atoms with Crippen molar-refractivity contribution in [1.82, 2.24) is 9.97 Å². The number of aromatic nitrogens is 2. The van der Waals surface area contributed by atoms with Crippen LogP contribution in [0.1, 0.15) is 0 Å². The third-order valence-electron chi connectivity index (χ3n) is 5.66. The molecule has 8 nitrogen and oxygen atoms in total. The number of fused-ring (bicyclic) bond motifs is 1. The lowest BCUT2D eigenvalue weighted by Gasteiger charge is -2.13. The van der Waals surface area contributed by atoms with Gasteiger partial charge < -0.3 is 14.8 Å².